The second-order valence-corrected chi connectivity index (χ2v) is 5.59. The predicted molar refractivity (Wildman–Crippen MR) is 88.6 cm³/mol. The Morgan fingerprint density at radius 3 is 2.58 bits per heavy atom. The Labute approximate surface area is 140 Å². The van der Waals surface area contributed by atoms with E-state index < -0.39 is 6.04 Å². The summed E-state index contributed by atoms with van der Waals surface area (Å²) in [4.78, 5) is 30.5. The molecular weight excluding hydrogens is 306 g/mol. The number of likely N-dealkylation sites (N-methyl/N-ethyl adjacent to an activating group) is 1. The fourth-order valence-corrected chi connectivity index (χ4v) is 2.85. The van der Waals surface area contributed by atoms with Crippen LogP contribution in [0.2, 0.25) is 0 Å². The first-order valence-electron chi connectivity index (χ1n) is 7.84. The number of hydrogen-bond donors (Lipinski definition) is 1. The molecule has 0 saturated carbocycles. The van der Waals surface area contributed by atoms with Gasteiger partial charge in [-0.2, -0.15) is 0 Å². The molecule has 2 aromatic rings. The summed E-state index contributed by atoms with van der Waals surface area (Å²) < 4.78 is 5.92. The van der Waals surface area contributed by atoms with Crippen molar-refractivity contribution in [2.75, 3.05) is 13.6 Å². The first-order chi connectivity index (χ1) is 11.7. The van der Waals surface area contributed by atoms with E-state index >= 15 is 0 Å². The van der Waals surface area contributed by atoms with Crippen LogP contribution in [0.3, 0.4) is 0 Å². The van der Waals surface area contributed by atoms with E-state index in [1.807, 2.05) is 30.3 Å². The Hall–Kier alpha value is -2.89. The molecule has 6 nitrogen and oxygen atoms in total. The van der Waals surface area contributed by atoms with Crippen LogP contribution in [0.25, 0.3) is 0 Å². The third kappa shape index (κ3) is 3.37. The molecule has 6 heteroatoms. The van der Waals surface area contributed by atoms with Gasteiger partial charge in [-0.1, -0.05) is 24.3 Å². The number of carbonyl (C=O) groups excluding carboxylic acids is 2. The summed E-state index contributed by atoms with van der Waals surface area (Å²) in [6.07, 6.45) is 1.78. The fraction of sp³-hybridized carbons (Fsp3) is 0.278. The van der Waals surface area contributed by atoms with E-state index in [4.69, 9.17) is 4.74 Å². The van der Waals surface area contributed by atoms with E-state index in [0.29, 0.717) is 18.7 Å². The lowest BCUT2D eigenvalue weighted by Gasteiger charge is -2.22. The maximum absolute atomic E-state index is 12.7. The first kappa shape index (κ1) is 16.0. The molecule has 0 aliphatic carbocycles. The van der Waals surface area contributed by atoms with Crippen molar-refractivity contribution in [2.24, 2.45) is 0 Å². The lowest BCUT2D eigenvalue weighted by atomic mass is 10.1. The van der Waals surface area contributed by atoms with Crippen LogP contribution in [0.1, 0.15) is 16.9 Å². The maximum Gasteiger partial charge on any atom is 0.273 e. The number of aromatic nitrogens is 1. The van der Waals surface area contributed by atoms with Crippen LogP contribution in [0, 0.1) is 0 Å². The monoisotopic (exact) mass is 325 g/mol. The van der Waals surface area contributed by atoms with Gasteiger partial charge in [0.1, 0.15) is 23.6 Å². The van der Waals surface area contributed by atoms with Gasteiger partial charge in [-0.05, 0) is 24.3 Å². The fourth-order valence-electron chi connectivity index (χ4n) is 2.85. The zero-order valence-electron chi connectivity index (χ0n) is 13.4. The number of likely N-dealkylation sites (tertiary alicyclic amines) is 1. The number of benzene rings is 1. The number of nitrogens with one attached hydrogen (secondary N) is 1. The average molecular weight is 325 g/mol. The Morgan fingerprint density at radius 2 is 1.92 bits per heavy atom. The number of rotatable bonds is 4. The van der Waals surface area contributed by atoms with Gasteiger partial charge >= 0.3 is 0 Å². The van der Waals surface area contributed by atoms with Gasteiger partial charge in [0.05, 0.1) is 6.54 Å². The lowest BCUT2D eigenvalue weighted by molar-refractivity contribution is -0.124. The largest absolute Gasteiger partial charge is 0.488 e. The highest BCUT2D eigenvalue weighted by Gasteiger charge is 2.41. The third-order valence-corrected chi connectivity index (χ3v) is 4.00. The van der Waals surface area contributed by atoms with Crippen LogP contribution in [0.5, 0.6) is 5.75 Å². The number of pyridine rings is 1. The van der Waals surface area contributed by atoms with Crippen molar-refractivity contribution in [1.29, 1.82) is 0 Å². The summed E-state index contributed by atoms with van der Waals surface area (Å²) in [6.45, 7) is 0.350. The van der Waals surface area contributed by atoms with Crippen LogP contribution in [0.15, 0.2) is 54.7 Å². The maximum atomic E-state index is 12.7. The molecule has 1 N–H and O–H groups in total. The number of para-hydroxylation sites is 1. The molecule has 1 fully saturated rings. The van der Waals surface area contributed by atoms with Gasteiger partial charge in [-0.15, -0.1) is 0 Å². The molecule has 2 atom stereocenters. The summed E-state index contributed by atoms with van der Waals surface area (Å²) >= 11 is 0. The summed E-state index contributed by atoms with van der Waals surface area (Å²) in [5, 5.41) is 2.62. The minimum absolute atomic E-state index is 0.196. The van der Waals surface area contributed by atoms with E-state index in [9.17, 15) is 9.59 Å². The summed E-state index contributed by atoms with van der Waals surface area (Å²) in [6, 6.07) is 14.0. The van der Waals surface area contributed by atoms with Gasteiger partial charge in [0.2, 0.25) is 5.91 Å². The molecule has 1 aromatic heterocycles. The van der Waals surface area contributed by atoms with Crippen molar-refractivity contribution >= 4 is 11.8 Å². The second kappa shape index (κ2) is 7.12. The summed E-state index contributed by atoms with van der Waals surface area (Å²) in [5.41, 5.74) is 0.326. The van der Waals surface area contributed by atoms with E-state index in [0.717, 1.165) is 5.75 Å². The van der Waals surface area contributed by atoms with E-state index in [2.05, 4.69) is 10.3 Å². The van der Waals surface area contributed by atoms with Crippen molar-refractivity contribution in [2.45, 2.75) is 18.6 Å². The van der Waals surface area contributed by atoms with Gasteiger partial charge in [0.15, 0.2) is 0 Å². The van der Waals surface area contributed by atoms with Gasteiger partial charge in [0.25, 0.3) is 5.91 Å². The molecule has 1 saturated heterocycles. The molecule has 0 unspecified atom stereocenters. The number of ether oxygens (including phenoxy) is 1. The molecule has 1 aromatic carbocycles. The standard InChI is InChI=1S/C18H19N3O3/c1-19-17(22)16-11-14(24-13-7-3-2-4-8-13)12-21(16)18(23)15-9-5-6-10-20-15/h2-10,14,16H,11-12H2,1H3,(H,19,22)/t14-,16+/m0/s1. The highest BCUT2D eigenvalue weighted by Crippen LogP contribution is 2.24. The quantitative estimate of drug-likeness (QED) is 0.924. The molecular formula is C18H19N3O3. The van der Waals surface area contributed by atoms with Crippen LogP contribution < -0.4 is 10.1 Å². The van der Waals surface area contributed by atoms with E-state index in [1.54, 1.807) is 31.4 Å². The minimum atomic E-state index is -0.557. The number of amides is 2. The first-order valence-corrected chi connectivity index (χ1v) is 7.84. The van der Waals surface area contributed by atoms with Crippen LogP contribution in [0.4, 0.5) is 0 Å². The van der Waals surface area contributed by atoms with Crippen LogP contribution >= 0.6 is 0 Å². The number of nitrogens with zero attached hydrogens (tertiary/aromatic N) is 2. The highest BCUT2D eigenvalue weighted by atomic mass is 16.5. The van der Waals surface area contributed by atoms with Crippen molar-refractivity contribution in [3.63, 3.8) is 0 Å². The number of carbonyl (C=O) groups is 2. The van der Waals surface area contributed by atoms with Gasteiger partial charge in [-0.3, -0.25) is 14.6 Å². The summed E-state index contributed by atoms with van der Waals surface area (Å²) in [5.74, 6) is 0.270. The molecule has 3 rings (SSSR count). The minimum Gasteiger partial charge on any atom is -0.488 e. The van der Waals surface area contributed by atoms with Gasteiger partial charge in [0, 0.05) is 19.7 Å². The second-order valence-electron chi connectivity index (χ2n) is 5.59. The predicted octanol–water partition coefficient (Wildman–Crippen LogP) is 1.49. The molecule has 0 spiro atoms. The molecule has 1 aliphatic heterocycles. The normalized spacial score (nSPS) is 19.8. The molecule has 24 heavy (non-hydrogen) atoms. The smallest absolute Gasteiger partial charge is 0.273 e. The van der Waals surface area contributed by atoms with Gasteiger partial charge in [-0.25, -0.2) is 0 Å². The van der Waals surface area contributed by atoms with E-state index in [1.165, 1.54) is 4.90 Å². The average Bonchev–Trinajstić information content (AvgIpc) is 3.05. The van der Waals surface area contributed by atoms with Crippen molar-refractivity contribution < 1.29 is 14.3 Å². The van der Waals surface area contributed by atoms with Crippen LogP contribution in [-0.4, -0.2) is 47.4 Å². The zero-order valence-corrected chi connectivity index (χ0v) is 13.4. The topological polar surface area (TPSA) is 71.5 Å². The third-order valence-electron chi connectivity index (χ3n) is 4.00. The SMILES string of the molecule is CNC(=O)[C@H]1C[C@H](Oc2ccccc2)CN1C(=O)c1ccccn1. The Morgan fingerprint density at radius 1 is 1.17 bits per heavy atom. The Balaban J connectivity index is 1.78. The summed E-state index contributed by atoms with van der Waals surface area (Å²) in [7, 11) is 1.57. The van der Waals surface area contributed by atoms with Crippen molar-refractivity contribution in [3.05, 3.63) is 60.4 Å². The Bertz CT molecular complexity index is 706. The highest BCUT2D eigenvalue weighted by molar-refractivity contribution is 5.96. The zero-order chi connectivity index (χ0) is 16.9. The lowest BCUT2D eigenvalue weighted by Crippen LogP contribution is -2.45. The molecule has 1 aliphatic rings. The molecule has 124 valence electrons. The molecule has 2 amide bonds. The van der Waals surface area contributed by atoms with Crippen molar-refractivity contribution in [1.82, 2.24) is 15.2 Å². The van der Waals surface area contributed by atoms with Gasteiger partial charge < -0.3 is 15.0 Å². The molecule has 0 radical (unpaired) electrons. The molecule has 0 bridgehead atoms. The number of hydrogen-bond acceptors (Lipinski definition) is 4. The molecule has 2 heterocycles. The van der Waals surface area contributed by atoms with Crippen molar-refractivity contribution in [3.8, 4) is 5.75 Å². The van der Waals surface area contributed by atoms with Crippen LogP contribution in [-0.2, 0) is 4.79 Å². The van der Waals surface area contributed by atoms with E-state index in [-0.39, 0.29) is 17.9 Å². The Kier molecular flexibility index (Phi) is 4.74.